The van der Waals surface area contributed by atoms with Crippen LogP contribution in [0.25, 0.3) is 26.1 Å². The highest BCUT2D eigenvalue weighted by Crippen LogP contribution is 2.33. The van der Waals surface area contributed by atoms with Gasteiger partial charge < -0.3 is 20.3 Å². The van der Waals surface area contributed by atoms with Gasteiger partial charge in [0.1, 0.15) is 10.4 Å². The number of fused-ring (bicyclic) bond motifs is 5. The third kappa shape index (κ3) is 3.98. The van der Waals surface area contributed by atoms with E-state index in [1.54, 1.807) is 12.3 Å². The fourth-order valence-corrected chi connectivity index (χ4v) is 6.14. The summed E-state index contributed by atoms with van der Waals surface area (Å²) in [5.74, 6) is -0.500. The Bertz CT molecular complexity index is 1540. The summed E-state index contributed by atoms with van der Waals surface area (Å²) in [5.41, 5.74) is 1.73. The number of aromatic nitrogens is 2. The van der Waals surface area contributed by atoms with Gasteiger partial charge in [-0.2, -0.15) is 0 Å². The largest absolute Gasteiger partial charge is 0.379 e. The van der Waals surface area contributed by atoms with E-state index in [9.17, 15) is 14.4 Å². The molecule has 2 amide bonds. The molecule has 0 aliphatic carbocycles. The molecule has 0 unspecified atom stereocenters. The zero-order valence-electron chi connectivity index (χ0n) is 19.7. The Morgan fingerprint density at radius 1 is 1.14 bits per heavy atom. The Balaban J connectivity index is 1.49. The van der Waals surface area contributed by atoms with Crippen molar-refractivity contribution >= 4 is 54.9 Å². The number of amides is 2. The number of thiazole rings is 1. The molecule has 6 rings (SSSR count). The van der Waals surface area contributed by atoms with Gasteiger partial charge in [0.25, 0.3) is 5.91 Å². The first kappa shape index (κ1) is 22.9. The molecule has 0 bridgehead atoms. The van der Waals surface area contributed by atoms with E-state index >= 15 is 0 Å². The summed E-state index contributed by atoms with van der Waals surface area (Å²) >= 11 is 1.41. The summed E-state index contributed by atoms with van der Waals surface area (Å²) < 4.78 is 8.25. The summed E-state index contributed by atoms with van der Waals surface area (Å²) in [4.78, 5) is 48.9. The van der Waals surface area contributed by atoms with Gasteiger partial charge in [0.15, 0.2) is 5.65 Å². The third-order valence-electron chi connectivity index (χ3n) is 6.73. The van der Waals surface area contributed by atoms with Crippen LogP contribution in [0.15, 0.2) is 41.3 Å². The van der Waals surface area contributed by atoms with E-state index in [1.807, 2.05) is 33.6 Å². The monoisotopic (exact) mass is 506 g/mol. The second kappa shape index (κ2) is 9.49. The van der Waals surface area contributed by atoms with Gasteiger partial charge in [0.2, 0.25) is 11.3 Å². The van der Waals surface area contributed by atoms with Gasteiger partial charge in [-0.05, 0) is 18.2 Å². The smallest absolute Gasteiger partial charge is 0.258 e. The fraction of sp³-hybridized carbons (Fsp3) is 0.360. The normalized spacial score (nSPS) is 17.1. The number of piperazine rings is 1. The second-order valence-corrected chi connectivity index (χ2v) is 9.96. The van der Waals surface area contributed by atoms with Gasteiger partial charge in [-0.1, -0.05) is 12.1 Å². The Kier molecular flexibility index (Phi) is 6.04. The van der Waals surface area contributed by atoms with Crippen molar-refractivity contribution in [3.8, 4) is 0 Å². The van der Waals surface area contributed by atoms with Crippen molar-refractivity contribution in [1.82, 2.24) is 24.9 Å². The highest BCUT2D eigenvalue weighted by Gasteiger charge is 2.27. The number of morpholine rings is 1. The molecule has 2 aliphatic rings. The van der Waals surface area contributed by atoms with E-state index in [0.29, 0.717) is 60.9 Å². The van der Waals surface area contributed by atoms with Crippen LogP contribution in [0, 0.1) is 0 Å². The van der Waals surface area contributed by atoms with Crippen molar-refractivity contribution in [3.05, 3.63) is 52.3 Å². The number of anilines is 1. The standard InChI is InChI=1S/C25H26N6O4S/c32-19-15-30(10-8-26-19)17-5-6-27-23-20(17)22(33)21(24(34)28-7-9-29-11-13-35-14-12-29)25-31(23)16-3-1-2-4-18(16)36-25/h1-6H,7-15H2,(H,26,32)(H,28,34). The predicted molar refractivity (Wildman–Crippen MR) is 139 cm³/mol. The fourth-order valence-electron chi connectivity index (χ4n) is 4.96. The highest BCUT2D eigenvalue weighted by molar-refractivity contribution is 7.24. The number of hydrogen-bond acceptors (Lipinski definition) is 8. The third-order valence-corrected chi connectivity index (χ3v) is 7.87. The molecule has 0 atom stereocenters. The molecule has 2 aliphatic heterocycles. The molecule has 0 saturated carbocycles. The number of carbonyl (C=O) groups excluding carboxylic acids is 2. The van der Waals surface area contributed by atoms with Gasteiger partial charge in [-0.25, -0.2) is 4.98 Å². The van der Waals surface area contributed by atoms with Crippen molar-refractivity contribution in [3.63, 3.8) is 0 Å². The molecule has 2 fully saturated rings. The van der Waals surface area contributed by atoms with Crippen molar-refractivity contribution in [2.45, 2.75) is 0 Å². The minimum absolute atomic E-state index is 0.102. The minimum Gasteiger partial charge on any atom is -0.379 e. The van der Waals surface area contributed by atoms with Crippen LogP contribution in [0.2, 0.25) is 0 Å². The lowest BCUT2D eigenvalue weighted by Gasteiger charge is -2.29. The van der Waals surface area contributed by atoms with Crippen LogP contribution in [0.4, 0.5) is 5.69 Å². The number of nitrogens with zero attached hydrogens (tertiary/aromatic N) is 4. The van der Waals surface area contributed by atoms with E-state index in [4.69, 9.17) is 4.74 Å². The molecule has 5 heterocycles. The van der Waals surface area contributed by atoms with Crippen molar-refractivity contribution in [2.75, 3.05) is 63.9 Å². The molecule has 2 saturated heterocycles. The first-order valence-electron chi connectivity index (χ1n) is 12.1. The number of pyridine rings is 2. The Labute approximate surface area is 210 Å². The number of benzene rings is 1. The summed E-state index contributed by atoms with van der Waals surface area (Å²) in [6, 6.07) is 9.56. The summed E-state index contributed by atoms with van der Waals surface area (Å²) in [7, 11) is 0. The lowest BCUT2D eigenvalue weighted by atomic mass is 10.1. The average Bonchev–Trinajstić information content (AvgIpc) is 3.28. The molecular formula is C25H26N6O4S. The summed E-state index contributed by atoms with van der Waals surface area (Å²) in [5, 5.41) is 6.14. The van der Waals surface area contributed by atoms with E-state index in [0.717, 1.165) is 23.3 Å². The maximum Gasteiger partial charge on any atom is 0.258 e. The zero-order valence-corrected chi connectivity index (χ0v) is 20.5. The second-order valence-electron chi connectivity index (χ2n) is 8.92. The first-order chi connectivity index (χ1) is 17.6. The van der Waals surface area contributed by atoms with Crippen LogP contribution < -0.4 is 21.0 Å². The molecule has 186 valence electrons. The van der Waals surface area contributed by atoms with E-state index in [-0.39, 0.29) is 23.4 Å². The lowest BCUT2D eigenvalue weighted by Crippen LogP contribution is -2.48. The van der Waals surface area contributed by atoms with Crippen LogP contribution in [0.3, 0.4) is 0 Å². The number of nitrogens with one attached hydrogen (secondary N) is 2. The van der Waals surface area contributed by atoms with Crippen LogP contribution in [-0.2, 0) is 9.53 Å². The van der Waals surface area contributed by atoms with Crippen molar-refractivity contribution < 1.29 is 14.3 Å². The maximum atomic E-state index is 14.0. The summed E-state index contributed by atoms with van der Waals surface area (Å²) in [6.45, 7) is 5.35. The van der Waals surface area contributed by atoms with Gasteiger partial charge in [-0.15, -0.1) is 11.3 Å². The molecule has 11 heteroatoms. The van der Waals surface area contributed by atoms with Gasteiger partial charge >= 0.3 is 0 Å². The SMILES string of the molecule is O=C1CN(c2ccnc3c2c(=O)c(C(=O)NCCN2CCOCC2)c2sc4ccccc4n23)CCN1. The average molecular weight is 507 g/mol. The van der Waals surface area contributed by atoms with E-state index < -0.39 is 5.91 Å². The predicted octanol–water partition coefficient (Wildman–Crippen LogP) is 1.06. The molecular weight excluding hydrogens is 480 g/mol. The maximum absolute atomic E-state index is 14.0. The first-order valence-corrected chi connectivity index (χ1v) is 12.9. The van der Waals surface area contributed by atoms with E-state index in [1.165, 1.54) is 11.3 Å². The Morgan fingerprint density at radius 3 is 2.81 bits per heavy atom. The highest BCUT2D eigenvalue weighted by atomic mass is 32.1. The minimum atomic E-state index is -0.398. The van der Waals surface area contributed by atoms with Gasteiger partial charge in [0, 0.05) is 45.5 Å². The number of rotatable bonds is 5. The van der Waals surface area contributed by atoms with Crippen LogP contribution in [-0.4, -0.2) is 85.1 Å². The van der Waals surface area contributed by atoms with Crippen LogP contribution in [0.5, 0.6) is 0 Å². The number of para-hydroxylation sites is 1. The molecule has 36 heavy (non-hydrogen) atoms. The van der Waals surface area contributed by atoms with Crippen LogP contribution >= 0.6 is 11.3 Å². The lowest BCUT2D eigenvalue weighted by molar-refractivity contribution is -0.120. The molecule has 10 nitrogen and oxygen atoms in total. The number of ether oxygens (including phenoxy) is 1. The molecule has 4 aromatic rings. The zero-order chi connectivity index (χ0) is 24.6. The Morgan fingerprint density at radius 2 is 1.97 bits per heavy atom. The molecule has 0 radical (unpaired) electrons. The quantitative estimate of drug-likeness (QED) is 0.417. The van der Waals surface area contributed by atoms with Gasteiger partial charge in [0.05, 0.1) is 41.0 Å². The van der Waals surface area contributed by atoms with E-state index in [2.05, 4.69) is 20.5 Å². The molecule has 0 spiro atoms. The number of carbonyl (C=O) groups is 2. The van der Waals surface area contributed by atoms with Crippen molar-refractivity contribution in [2.24, 2.45) is 0 Å². The van der Waals surface area contributed by atoms with Crippen LogP contribution in [0.1, 0.15) is 10.4 Å². The van der Waals surface area contributed by atoms with Crippen molar-refractivity contribution in [1.29, 1.82) is 0 Å². The van der Waals surface area contributed by atoms with Gasteiger partial charge in [-0.3, -0.25) is 23.7 Å². The molecule has 1 aromatic carbocycles. The number of hydrogen-bond donors (Lipinski definition) is 2. The molecule has 2 N–H and O–H groups in total. The summed E-state index contributed by atoms with van der Waals surface area (Å²) in [6.07, 6.45) is 1.66. The molecule has 3 aromatic heterocycles. The topological polar surface area (TPSA) is 108 Å². The Hall–Kier alpha value is -3.54.